The Morgan fingerprint density at radius 1 is 1.33 bits per heavy atom. The molecule has 1 N–H and O–H groups in total. The Hall–Kier alpha value is -1.22. The van der Waals surface area contributed by atoms with Gasteiger partial charge in [-0.15, -0.1) is 11.6 Å². The number of hydrogen-bond acceptors (Lipinski definition) is 2. The molecule has 100 valence electrons. The van der Waals surface area contributed by atoms with Gasteiger partial charge in [0.2, 0.25) is 5.91 Å². The summed E-state index contributed by atoms with van der Waals surface area (Å²) in [6.45, 7) is 3.30. The number of benzene rings is 1. The van der Waals surface area contributed by atoms with Crippen molar-refractivity contribution in [1.29, 1.82) is 0 Å². The minimum Gasteiger partial charge on any atom is -0.494 e. The molecule has 0 saturated carbocycles. The molecule has 0 aliphatic heterocycles. The molecule has 3 nitrogen and oxygen atoms in total. The maximum absolute atomic E-state index is 11.3. The molecule has 0 aromatic heterocycles. The number of carbonyl (C=O) groups excluding carboxylic acids is 1. The normalized spacial score (nSPS) is 10.1. The minimum absolute atomic E-state index is 0.0709. The van der Waals surface area contributed by atoms with E-state index in [1.807, 2.05) is 31.2 Å². The lowest BCUT2D eigenvalue weighted by Crippen LogP contribution is -2.25. The fraction of sp³-hybridized carbons (Fsp3) is 0.500. The van der Waals surface area contributed by atoms with Crippen LogP contribution in [-0.2, 0) is 11.2 Å². The summed E-state index contributed by atoms with van der Waals surface area (Å²) in [6.07, 6.45) is 2.07. The summed E-state index contributed by atoms with van der Waals surface area (Å²) < 4.78 is 5.37. The van der Waals surface area contributed by atoms with Crippen LogP contribution in [0.15, 0.2) is 24.3 Å². The highest BCUT2D eigenvalue weighted by Crippen LogP contribution is 2.12. The van der Waals surface area contributed by atoms with Crippen LogP contribution in [0.1, 0.15) is 25.3 Å². The zero-order chi connectivity index (χ0) is 13.2. The van der Waals surface area contributed by atoms with Gasteiger partial charge in [0.15, 0.2) is 0 Å². The zero-order valence-electron chi connectivity index (χ0n) is 10.7. The van der Waals surface area contributed by atoms with Crippen LogP contribution in [0.5, 0.6) is 5.75 Å². The molecule has 0 aliphatic rings. The van der Waals surface area contributed by atoms with Gasteiger partial charge in [-0.25, -0.2) is 0 Å². The number of nitrogens with one attached hydrogen (secondary N) is 1. The number of alkyl halides is 1. The second-order valence-corrected chi connectivity index (χ2v) is 4.35. The molecule has 0 aliphatic carbocycles. The van der Waals surface area contributed by atoms with Crippen molar-refractivity contribution >= 4 is 17.5 Å². The van der Waals surface area contributed by atoms with Gasteiger partial charge in [-0.3, -0.25) is 4.79 Å². The fourth-order valence-corrected chi connectivity index (χ4v) is 1.71. The molecule has 1 aromatic carbocycles. The third kappa shape index (κ3) is 5.92. The van der Waals surface area contributed by atoms with Crippen LogP contribution in [0.2, 0.25) is 0 Å². The summed E-state index contributed by atoms with van der Waals surface area (Å²) in [6, 6.07) is 7.95. The van der Waals surface area contributed by atoms with Crippen molar-refractivity contribution in [2.75, 3.05) is 19.0 Å². The quantitative estimate of drug-likeness (QED) is 0.737. The number of carbonyl (C=O) groups is 1. The zero-order valence-corrected chi connectivity index (χ0v) is 11.5. The Balaban J connectivity index is 2.24. The molecule has 0 unspecified atom stereocenters. The van der Waals surface area contributed by atoms with E-state index in [1.165, 1.54) is 5.56 Å². The van der Waals surface area contributed by atoms with Crippen molar-refractivity contribution in [3.63, 3.8) is 0 Å². The molecule has 18 heavy (non-hydrogen) atoms. The number of rotatable bonds is 8. The first-order valence-electron chi connectivity index (χ1n) is 6.30. The average molecular weight is 270 g/mol. The second kappa shape index (κ2) is 8.81. The lowest BCUT2D eigenvalue weighted by molar-refractivity contribution is -0.121. The molecule has 4 heteroatoms. The van der Waals surface area contributed by atoms with Crippen LogP contribution in [0.25, 0.3) is 0 Å². The smallest absolute Gasteiger partial charge is 0.220 e. The molecule has 0 atom stereocenters. The Kier molecular flexibility index (Phi) is 7.26. The van der Waals surface area contributed by atoms with Crippen molar-refractivity contribution in [2.45, 2.75) is 26.2 Å². The molecule has 0 heterocycles. The highest BCUT2D eigenvalue weighted by atomic mass is 35.5. The fourth-order valence-electron chi connectivity index (χ4n) is 1.58. The van der Waals surface area contributed by atoms with Gasteiger partial charge in [0.05, 0.1) is 6.61 Å². The Labute approximate surface area is 113 Å². The molecule has 1 aromatic rings. The highest BCUT2D eigenvalue weighted by Gasteiger charge is 2.00. The first kappa shape index (κ1) is 14.8. The third-order valence-corrected chi connectivity index (χ3v) is 2.77. The number of hydrogen-bond donors (Lipinski definition) is 1. The van der Waals surface area contributed by atoms with Gasteiger partial charge >= 0.3 is 0 Å². The topological polar surface area (TPSA) is 38.3 Å². The van der Waals surface area contributed by atoms with Crippen LogP contribution in [0, 0.1) is 0 Å². The van der Waals surface area contributed by atoms with E-state index in [1.54, 1.807) is 0 Å². The van der Waals surface area contributed by atoms with Crippen LogP contribution in [-0.4, -0.2) is 24.9 Å². The van der Waals surface area contributed by atoms with Gasteiger partial charge < -0.3 is 10.1 Å². The van der Waals surface area contributed by atoms with Crippen LogP contribution < -0.4 is 10.1 Å². The monoisotopic (exact) mass is 269 g/mol. The van der Waals surface area contributed by atoms with Gasteiger partial charge in [-0.05, 0) is 37.5 Å². The molecule has 0 radical (unpaired) electrons. The first-order chi connectivity index (χ1) is 8.76. The number of halogens is 1. The van der Waals surface area contributed by atoms with E-state index < -0.39 is 0 Å². The van der Waals surface area contributed by atoms with E-state index in [4.69, 9.17) is 16.3 Å². The van der Waals surface area contributed by atoms with Gasteiger partial charge in [-0.2, -0.15) is 0 Å². The Morgan fingerprint density at radius 3 is 2.67 bits per heavy atom. The average Bonchev–Trinajstić information content (AvgIpc) is 2.39. The summed E-state index contributed by atoms with van der Waals surface area (Å²) in [5, 5.41) is 2.88. The molecule has 0 spiro atoms. The Morgan fingerprint density at radius 2 is 2.06 bits per heavy atom. The SMILES string of the molecule is CCOc1ccc(CCNC(=O)CCCCl)cc1. The molecule has 1 amide bonds. The minimum atomic E-state index is 0.0709. The lowest BCUT2D eigenvalue weighted by atomic mass is 10.1. The van der Waals surface area contributed by atoms with Crippen LogP contribution in [0.4, 0.5) is 0 Å². The highest BCUT2D eigenvalue weighted by molar-refractivity contribution is 6.17. The molecule has 1 rings (SSSR count). The van der Waals surface area contributed by atoms with Gasteiger partial charge in [0.25, 0.3) is 0 Å². The van der Waals surface area contributed by atoms with Gasteiger partial charge in [0.1, 0.15) is 5.75 Å². The van der Waals surface area contributed by atoms with Crippen molar-refractivity contribution in [3.05, 3.63) is 29.8 Å². The maximum atomic E-state index is 11.3. The standard InChI is InChI=1S/C14H20ClNO2/c1-2-18-13-7-5-12(6-8-13)9-11-16-14(17)4-3-10-15/h5-8H,2-4,9-11H2,1H3,(H,16,17). The van der Waals surface area contributed by atoms with Crippen LogP contribution in [0.3, 0.4) is 0 Å². The van der Waals surface area contributed by atoms with Gasteiger partial charge in [0, 0.05) is 18.8 Å². The van der Waals surface area contributed by atoms with E-state index >= 15 is 0 Å². The van der Waals surface area contributed by atoms with E-state index in [2.05, 4.69) is 5.32 Å². The lowest BCUT2D eigenvalue weighted by Gasteiger charge is -2.06. The van der Waals surface area contributed by atoms with Crippen LogP contribution >= 0.6 is 11.6 Å². The third-order valence-electron chi connectivity index (χ3n) is 2.51. The van der Waals surface area contributed by atoms with Crippen molar-refractivity contribution in [3.8, 4) is 5.75 Å². The van der Waals surface area contributed by atoms with E-state index in [0.717, 1.165) is 18.6 Å². The summed E-state index contributed by atoms with van der Waals surface area (Å²) in [5.74, 6) is 1.49. The predicted octanol–water partition coefficient (Wildman–Crippen LogP) is 2.76. The van der Waals surface area contributed by atoms with Crippen molar-refractivity contribution < 1.29 is 9.53 Å². The van der Waals surface area contributed by atoms with Crippen molar-refractivity contribution in [1.82, 2.24) is 5.32 Å². The largest absolute Gasteiger partial charge is 0.494 e. The molecular formula is C14H20ClNO2. The van der Waals surface area contributed by atoms with E-state index in [9.17, 15) is 4.79 Å². The molecule has 0 saturated heterocycles. The molecule has 0 bridgehead atoms. The Bertz CT molecular complexity index is 351. The molecule has 0 fully saturated rings. The van der Waals surface area contributed by atoms with Crippen molar-refractivity contribution in [2.24, 2.45) is 0 Å². The number of amides is 1. The predicted molar refractivity (Wildman–Crippen MR) is 74.3 cm³/mol. The number of ether oxygens (including phenoxy) is 1. The van der Waals surface area contributed by atoms with E-state index in [0.29, 0.717) is 25.5 Å². The summed E-state index contributed by atoms with van der Waals surface area (Å²) in [5.41, 5.74) is 1.19. The summed E-state index contributed by atoms with van der Waals surface area (Å²) >= 11 is 5.52. The summed E-state index contributed by atoms with van der Waals surface area (Å²) in [7, 11) is 0. The molecular weight excluding hydrogens is 250 g/mol. The van der Waals surface area contributed by atoms with E-state index in [-0.39, 0.29) is 5.91 Å². The first-order valence-corrected chi connectivity index (χ1v) is 6.84. The summed E-state index contributed by atoms with van der Waals surface area (Å²) in [4.78, 5) is 11.3. The second-order valence-electron chi connectivity index (χ2n) is 3.97. The maximum Gasteiger partial charge on any atom is 0.220 e. The van der Waals surface area contributed by atoms with Gasteiger partial charge in [-0.1, -0.05) is 12.1 Å².